The lowest BCUT2D eigenvalue weighted by Crippen LogP contribution is -2.20. The molecule has 218 valence electrons. The monoisotopic (exact) mass is 530 g/mol. The number of hydrogen-bond acceptors (Lipinski definition) is 2. The van der Waals surface area contributed by atoms with E-state index in [-0.39, 0.29) is 0 Å². The minimum atomic E-state index is -3.89. The summed E-state index contributed by atoms with van der Waals surface area (Å²) in [5.41, 5.74) is 0. The zero-order valence-electron chi connectivity index (χ0n) is 24.8. The van der Waals surface area contributed by atoms with Crippen LogP contribution in [0.15, 0.2) is 0 Å². The molecule has 0 radical (unpaired) electrons. The van der Waals surface area contributed by atoms with Gasteiger partial charge in [0.1, 0.15) is 0 Å². The van der Waals surface area contributed by atoms with Crippen molar-refractivity contribution < 1.29 is 13.0 Å². The molecule has 0 aliphatic carbocycles. The number of hydrogen-bond donors (Lipinski definition) is 1. The van der Waals surface area contributed by atoms with E-state index in [0.717, 1.165) is 25.7 Å². The molecule has 0 aromatic carbocycles. The summed E-state index contributed by atoms with van der Waals surface area (Å²) in [5, 5.41) is -0.539. The van der Waals surface area contributed by atoms with E-state index in [2.05, 4.69) is 13.8 Å². The highest BCUT2D eigenvalue weighted by Gasteiger charge is 2.21. The molecule has 0 saturated carbocycles. The molecule has 0 fully saturated rings. The van der Waals surface area contributed by atoms with Crippen LogP contribution in [0.3, 0.4) is 0 Å². The van der Waals surface area contributed by atoms with Crippen molar-refractivity contribution >= 4 is 10.1 Å². The van der Waals surface area contributed by atoms with E-state index < -0.39 is 15.4 Å². The van der Waals surface area contributed by atoms with Crippen LogP contribution < -0.4 is 0 Å². The Morgan fingerprint density at radius 1 is 0.389 bits per heavy atom. The van der Waals surface area contributed by atoms with E-state index in [1.165, 1.54) is 148 Å². The maximum Gasteiger partial charge on any atom is 0.267 e. The van der Waals surface area contributed by atoms with Gasteiger partial charge in [-0.05, 0) is 12.8 Å². The zero-order chi connectivity index (χ0) is 26.6. The first-order valence-electron chi connectivity index (χ1n) is 16.5. The van der Waals surface area contributed by atoms with Crippen molar-refractivity contribution in [2.45, 2.75) is 205 Å². The van der Waals surface area contributed by atoms with Crippen molar-refractivity contribution in [2.75, 3.05) is 0 Å². The second-order valence-electron chi connectivity index (χ2n) is 11.6. The van der Waals surface area contributed by atoms with Crippen LogP contribution in [-0.4, -0.2) is 18.2 Å². The fourth-order valence-electron chi connectivity index (χ4n) is 5.40. The lowest BCUT2D eigenvalue weighted by molar-refractivity contribution is 0.442. The minimum absolute atomic E-state index is 0.539. The summed E-state index contributed by atoms with van der Waals surface area (Å²) < 4.78 is 33.1. The molecule has 0 heterocycles. The predicted molar refractivity (Wildman–Crippen MR) is 161 cm³/mol. The molecule has 1 unspecified atom stereocenters. The van der Waals surface area contributed by atoms with Gasteiger partial charge in [-0.3, -0.25) is 4.55 Å². The average molecular weight is 531 g/mol. The predicted octanol–water partition coefficient (Wildman–Crippen LogP) is 11.6. The maximum atomic E-state index is 11.7. The Morgan fingerprint density at radius 3 is 0.778 bits per heavy atom. The molecular formula is C32H66O3S. The Balaban J connectivity index is 3.46. The van der Waals surface area contributed by atoms with E-state index in [0.29, 0.717) is 12.8 Å². The van der Waals surface area contributed by atoms with Crippen molar-refractivity contribution in [2.24, 2.45) is 0 Å². The first-order valence-corrected chi connectivity index (χ1v) is 18.0. The van der Waals surface area contributed by atoms with Gasteiger partial charge < -0.3 is 0 Å². The first kappa shape index (κ1) is 35.9. The summed E-state index contributed by atoms with van der Waals surface area (Å²) in [6.45, 7) is 4.52. The molecule has 0 aliphatic heterocycles. The Morgan fingerprint density at radius 2 is 0.583 bits per heavy atom. The van der Waals surface area contributed by atoms with Gasteiger partial charge in [0.05, 0.1) is 5.25 Å². The maximum absolute atomic E-state index is 11.7. The fourth-order valence-corrected chi connectivity index (χ4v) is 6.33. The van der Waals surface area contributed by atoms with Gasteiger partial charge in [0.15, 0.2) is 0 Å². The van der Waals surface area contributed by atoms with Crippen LogP contribution in [0.25, 0.3) is 0 Å². The molecule has 0 aromatic heterocycles. The van der Waals surface area contributed by atoms with Gasteiger partial charge in [0.25, 0.3) is 10.1 Å². The first-order chi connectivity index (χ1) is 17.5. The van der Waals surface area contributed by atoms with Gasteiger partial charge in [-0.1, -0.05) is 187 Å². The summed E-state index contributed by atoms with van der Waals surface area (Å²) >= 11 is 0. The van der Waals surface area contributed by atoms with Crippen molar-refractivity contribution in [3.05, 3.63) is 0 Å². The molecule has 1 N–H and O–H groups in total. The zero-order valence-corrected chi connectivity index (χ0v) is 25.6. The second-order valence-corrected chi connectivity index (χ2v) is 13.2. The Labute approximate surface area is 228 Å². The van der Waals surface area contributed by atoms with Crippen LogP contribution in [0.1, 0.15) is 200 Å². The van der Waals surface area contributed by atoms with Crippen molar-refractivity contribution in [1.29, 1.82) is 0 Å². The van der Waals surface area contributed by atoms with Crippen LogP contribution in [0.4, 0.5) is 0 Å². The van der Waals surface area contributed by atoms with Gasteiger partial charge in [-0.15, -0.1) is 0 Å². The highest BCUT2D eigenvalue weighted by atomic mass is 32.2. The summed E-state index contributed by atoms with van der Waals surface area (Å²) in [7, 11) is -3.89. The fraction of sp³-hybridized carbons (Fsp3) is 1.00. The summed E-state index contributed by atoms with van der Waals surface area (Å²) in [6, 6.07) is 0. The van der Waals surface area contributed by atoms with Crippen LogP contribution in [-0.2, 0) is 10.1 Å². The lowest BCUT2D eigenvalue weighted by atomic mass is 10.0. The summed E-state index contributed by atoms with van der Waals surface area (Å²) in [6.07, 6.45) is 36.6. The molecule has 0 spiro atoms. The summed E-state index contributed by atoms with van der Waals surface area (Å²) in [5.74, 6) is 0. The molecule has 0 amide bonds. The van der Waals surface area contributed by atoms with Crippen LogP contribution >= 0.6 is 0 Å². The van der Waals surface area contributed by atoms with Crippen LogP contribution in [0, 0.1) is 0 Å². The standard InChI is InChI=1S/C32H66O3S/c1-3-5-7-9-11-13-14-15-16-17-18-19-20-21-22-23-25-27-29-31-32(36(33,34)35)30-28-26-24-12-10-8-6-4-2/h32H,3-31H2,1-2H3,(H,33,34,35). The Kier molecular flexibility index (Phi) is 27.9. The topological polar surface area (TPSA) is 54.4 Å². The Hall–Kier alpha value is -0.0900. The van der Waals surface area contributed by atoms with Gasteiger partial charge in [-0.2, -0.15) is 8.42 Å². The van der Waals surface area contributed by atoms with Gasteiger partial charge in [0, 0.05) is 0 Å². The van der Waals surface area contributed by atoms with Gasteiger partial charge in [-0.25, -0.2) is 0 Å². The SMILES string of the molecule is CCCCCCCCCCCCCCCCCCCCCC(CCCCCCCCCC)S(=O)(=O)O. The van der Waals surface area contributed by atoms with E-state index >= 15 is 0 Å². The lowest BCUT2D eigenvalue weighted by Gasteiger charge is -2.13. The van der Waals surface area contributed by atoms with Crippen LogP contribution in [0.5, 0.6) is 0 Å². The molecule has 0 aromatic rings. The van der Waals surface area contributed by atoms with Gasteiger partial charge in [0.2, 0.25) is 0 Å². The number of rotatable bonds is 30. The highest BCUT2D eigenvalue weighted by Crippen LogP contribution is 2.20. The molecule has 0 aliphatic rings. The van der Waals surface area contributed by atoms with Gasteiger partial charge >= 0.3 is 0 Å². The third-order valence-corrected chi connectivity index (χ3v) is 9.24. The van der Waals surface area contributed by atoms with Crippen molar-refractivity contribution in [3.63, 3.8) is 0 Å². The van der Waals surface area contributed by atoms with E-state index in [1.54, 1.807) is 0 Å². The average Bonchev–Trinajstić information content (AvgIpc) is 2.85. The second kappa shape index (κ2) is 27.9. The van der Waals surface area contributed by atoms with Crippen LogP contribution in [0.2, 0.25) is 0 Å². The van der Waals surface area contributed by atoms with Crippen molar-refractivity contribution in [1.82, 2.24) is 0 Å². The molecule has 0 saturated heterocycles. The van der Waals surface area contributed by atoms with E-state index in [9.17, 15) is 13.0 Å². The molecule has 36 heavy (non-hydrogen) atoms. The molecule has 0 bridgehead atoms. The quantitative estimate of drug-likeness (QED) is 0.0742. The normalized spacial score (nSPS) is 12.9. The van der Waals surface area contributed by atoms with E-state index in [4.69, 9.17) is 0 Å². The molecule has 1 atom stereocenters. The smallest absolute Gasteiger partial charge is 0.267 e. The summed E-state index contributed by atoms with van der Waals surface area (Å²) in [4.78, 5) is 0. The van der Waals surface area contributed by atoms with E-state index in [1.807, 2.05) is 0 Å². The largest absolute Gasteiger partial charge is 0.285 e. The third-order valence-electron chi connectivity index (χ3n) is 7.93. The molecule has 4 heteroatoms. The Bertz CT molecular complexity index is 517. The third kappa shape index (κ3) is 27.0. The molecular weight excluding hydrogens is 464 g/mol. The molecule has 0 rings (SSSR count). The number of unbranched alkanes of at least 4 members (excludes halogenated alkanes) is 25. The minimum Gasteiger partial charge on any atom is -0.285 e. The van der Waals surface area contributed by atoms with Crippen molar-refractivity contribution in [3.8, 4) is 0 Å². The molecule has 3 nitrogen and oxygen atoms in total. The highest BCUT2D eigenvalue weighted by molar-refractivity contribution is 7.86.